The van der Waals surface area contributed by atoms with Crippen molar-refractivity contribution >= 4 is 39.4 Å². The van der Waals surface area contributed by atoms with Crippen LogP contribution >= 0.6 is 0 Å². The minimum atomic E-state index is -5.35. The number of hydrogen-bond acceptors (Lipinski definition) is 6. The first kappa shape index (κ1) is 26.9. The van der Waals surface area contributed by atoms with E-state index in [1.54, 1.807) is 0 Å². The Bertz CT molecular complexity index is 1310. The van der Waals surface area contributed by atoms with Crippen LogP contribution in [0.4, 0.5) is 26.3 Å². The maximum absolute atomic E-state index is 14.3. The number of alkyl halides is 6. The summed E-state index contributed by atoms with van der Waals surface area (Å²) in [5.74, 6) is -6.36. The van der Waals surface area contributed by atoms with Crippen LogP contribution in [0.3, 0.4) is 0 Å². The number of carbonyl (C=O) groups is 3. The smallest absolute Gasteiger partial charge is 0.454 e. The zero-order chi connectivity index (χ0) is 26.8. The van der Waals surface area contributed by atoms with Crippen molar-refractivity contribution in [2.75, 3.05) is 13.2 Å². The third kappa shape index (κ3) is 5.26. The Balaban J connectivity index is 2.35. The van der Waals surface area contributed by atoms with Crippen molar-refractivity contribution in [2.45, 2.75) is 32.6 Å². The normalized spacial score (nSPS) is 12.2. The largest absolute Gasteiger partial charge is 0.465 e. The Kier molecular flexibility index (Phi) is 7.56. The van der Waals surface area contributed by atoms with Crippen LogP contribution in [0.2, 0.25) is 0 Å². The first-order valence-corrected chi connectivity index (χ1v) is 10.7. The van der Waals surface area contributed by atoms with Gasteiger partial charge in [-0.2, -0.15) is 26.3 Å². The molecule has 6 nitrogen and oxygen atoms in total. The average Bonchev–Trinajstić information content (AvgIpc) is 2.79. The monoisotopic (exact) mass is 515 g/mol. The summed E-state index contributed by atoms with van der Waals surface area (Å²) in [6, 6.07) is 5.63. The lowest BCUT2D eigenvalue weighted by Gasteiger charge is -2.20. The van der Waals surface area contributed by atoms with E-state index < -0.39 is 64.5 Å². The van der Waals surface area contributed by atoms with Crippen LogP contribution in [0.5, 0.6) is 0 Å². The van der Waals surface area contributed by atoms with Crippen molar-refractivity contribution < 1.29 is 50.2 Å². The number of esters is 2. The van der Waals surface area contributed by atoms with Crippen molar-refractivity contribution in [3.8, 4) is 0 Å². The standard InChI is InChI=1S/C24H19F6NO5/c1-3-35-21(33)17(22(34)36-4-2)9-12-11-31-19-14-8-6-5-7-13(14)15(20(32)24(28,29)30)10-16(19)18(12)23(25,26)27/h5-8,10-11,17H,3-4,9H2,1-2H3. The summed E-state index contributed by atoms with van der Waals surface area (Å²) in [7, 11) is 0. The minimum absolute atomic E-state index is 0.105. The Labute approximate surface area is 200 Å². The molecule has 0 amide bonds. The number of carbonyl (C=O) groups excluding carboxylic acids is 3. The lowest BCUT2D eigenvalue weighted by Crippen LogP contribution is -2.31. The van der Waals surface area contributed by atoms with Crippen LogP contribution in [-0.4, -0.2) is 42.1 Å². The molecule has 0 saturated carbocycles. The molecule has 36 heavy (non-hydrogen) atoms. The number of nitrogens with zero attached hydrogens (tertiary/aromatic N) is 1. The number of ether oxygens (including phenoxy) is 2. The van der Waals surface area contributed by atoms with E-state index in [1.165, 1.54) is 38.1 Å². The van der Waals surface area contributed by atoms with Crippen LogP contribution in [0.25, 0.3) is 21.7 Å². The summed E-state index contributed by atoms with van der Waals surface area (Å²) < 4.78 is 92.4. The van der Waals surface area contributed by atoms with Gasteiger partial charge in [-0.05, 0) is 37.3 Å². The van der Waals surface area contributed by atoms with Gasteiger partial charge in [0.15, 0.2) is 5.92 Å². The van der Waals surface area contributed by atoms with E-state index in [4.69, 9.17) is 9.47 Å². The summed E-state index contributed by atoms with van der Waals surface area (Å²) in [6.45, 7) is 2.55. The molecule has 0 N–H and O–H groups in total. The second-order valence-electron chi connectivity index (χ2n) is 7.61. The Morgan fingerprint density at radius 3 is 1.94 bits per heavy atom. The van der Waals surface area contributed by atoms with Crippen molar-refractivity contribution in [1.82, 2.24) is 4.98 Å². The van der Waals surface area contributed by atoms with Gasteiger partial charge in [0.25, 0.3) is 5.78 Å². The third-order valence-corrected chi connectivity index (χ3v) is 5.31. The Morgan fingerprint density at radius 2 is 1.44 bits per heavy atom. The van der Waals surface area contributed by atoms with E-state index >= 15 is 0 Å². The SMILES string of the molecule is CCOC(=O)C(Cc1cnc2c(cc(C(=O)C(F)(F)F)c3ccccc32)c1C(F)(F)F)C(=O)OCC. The summed E-state index contributed by atoms with van der Waals surface area (Å²) >= 11 is 0. The molecule has 3 rings (SSSR count). The van der Waals surface area contributed by atoms with Crippen molar-refractivity contribution in [2.24, 2.45) is 5.92 Å². The number of halogens is 6. The molecule has 0 aliphatic rings. The molecule has 0 aliphatic carbocycles. The highest BCUT2D eigenvalue weighted by Gasteiger charge is 2.42. The quantitative estimate of drug-likeness (QED) is 0.137. The second-order valence-corrected chi connectivity index (χ2v) is 7.61. The van der Waals surface area contributed by atoms with Crippen LogP contribution in [0.1, 0.15) is 35.3 Å². The Hall–Kier alpha value is -3.70. The topological polar surface area (TPSA) is 82.6 Å². The van der Waals surface area contributed by atoms with E-state index in [9.17, 15) is 40.7 Å². The van der Waals surface area contributed by atoms with E-state index in [2.05, 4.69) is 4.98 Å². The van der Waals surface area contributed by atoms with Gasteiger partial charge in [-0.25, -0.2) is 0 Å². The maximum atomic E-state index is 14.3. The highest BCUT2D eigenvalue weighted by atomic mass is 19.4. The van der Waals surface area contributed by atoms with Crippen LogP contribution in [0.15, 0.2) is 36.5 Å². The summed E-state index contributed by atoms with van der Waals surface area (Å²) in [5, 5.41) is -1.11. The predicted molar refractivity (Wildman–Crippen MR) is 115 cm³/mol. The van der Waals surface area contributed by atoms with E-state index in [-0.39, 0.29) is 29.5 Å². The van der Waals surface area contributed by atoms with Crippen molar-refractivity contribution in [1.29, 1.82) is 0 Å². The van der Waals surface area contributed by atoms with Gasteiger partial charge in [0.2, 0.25) is 0 Å². The molecule has 12 heteroatoms. The summed E-state index contributed by atoms with van der Waals surface area (Å²) in [4.78, 5) is 40.8. The van der Waals surface area contributed by atoms with E-state index in [0.29, 0.717) is 6.07 Å². The number of aromatic nitrogens is 1. The fraction of sp³-hybridized carbons (Fsp3) is 0.333. The van der Waals surface area contributed by atoms with Crippen LogP contribution in [0, 0.1) is 5.92 Å². The molecule has 0 spiro atoms. The predicted octanol–water partition coefficient (Wildman–Crippen LogP) is 5.44. The van der Waals surface area contributed by atoms with E-state index in [0.717, 1.165) is 6.20 Å². The molecule has 0 radical (unpaired) electrons. The van der Waals surface area contributed by atoms with Gasteiger partial charge >= 0.3 is 24.3 Å². The molecule has 0 fully saturated rings. The molecule has 0 unspecified atom stereocenters. The molecule has 2 aromatic carbocycles. The number of pyridine rings is 1. The molecular formula is C24H19F6NO5. The fourth-order valence-electron chi connectivity index (χ4n) is 3.87. The van der Waals surface area contributed by atoms with Gasteiger partial charge in [0, 0.05) is 22.5 Å². The summed E-state index contributed by atoms with van der Waals surface area (Å²) in [5.41, 5.74) is -3.36. The van der Waals surface area contributed by atoms with E-state index in [1.807, 2.05) is 0 Å². The number of hydrogen-bond donors (Lipinski definition) is 0. The first-order chi connectivity index (χ1) is 16.8. The highest BCUT2D eigenvalue weighted by Crippen LogP contribution is 2.41. The second kappa shape index (κ2) is 10.1. The number of fused-ring (bicyclic) bond motifs is 3. The average molecular weight is 515 g/mol. The lowest BCUT2D eigenvalue weighted by atomic mass is 9.90. The molecular weight excluding hydrogens is 496 g/mol. The molecule has 1 aromatic heterocycles. The van der Waals surface area contributed by atoms with Crippen LogP contribution in [-0.2, 0) is 31.7 Å². The van der Waals surface area contributed by atoms with Gasteiger partial charge in [-0.3, -0.25) is 19.4 Å². The molecule has 0 saturated heterocycles. The first-order valence-electron chi connectivity index (χ1n) is 10.7. The fourth-order valence-corrected chi connectivity index (χ4v) is 3.87. The third-order valence-electron chi connectivity index (χ3n) is 5.31. The number of Topliss-reactive ketones (excluding diaryl/α,β-unsaturated/α-hetero) is 1. The van der Waals surface area contributed by atoms with Gasteiger partial charge in [-0.1, -0.05) is 24.3 Å². The van der Waals surface area contributed by atoms with Crippen molar-refractivity contribution in [3.05, 3.63) is 53.2 Å². The molecule has 0 aliphatic heterocycles. The number of rotatable bonds is 7. The molecule has 192 valence electrons. The zero-order valence-corrected chi connectivity index (χ0v) is 18.9. The summed E-state index contributed by atoms with van der Waals surface area (Å²) in [6.07, 6.45) is -10.5. The molecule has 0 atom stereocenters. The number of ketones is 1. The molecule has 3 aromatic rings. The van der Waals surface area contributed by atoms with Gasteiger partial charge in [0.05, 0.1) is 24.3 Å². The van der Waals surface area contributed by atoms with Crippen molar-refractivity contribution in [3.63, 3.8) is 0 Å². The van der Waals surface area contributed by atoms with Gasteiger partial charge < -0.3 is 9.47 Å². The Morgan fingerprint density at radius 1 is 0.889 bits per heavy atom. The highest BCUT2D eigenvalue weighted by molar-refractivity contribution is 6.18. The maximum Gasteiger partial charge on any atom is 0.454 e. The van der Waals surface area contributed by atoms with Gasteiger partial charge in [0.1, 0.15) is 0 Å². The van der Waals surface area contributed by atoms with Gasteiger partial charge in [-0.15, -0.1) is 0 Å². The zero-order valence-electron chi connectivity index (χ0n) is 18.9. The minimum Gasteiger partial charge on any atom is -0.465 e. The van der Waals surface area contributed by atoms with Crippen LogP contribution < -0.4 is 0 Å². The lowest BCUT2D eigenvalue weighted by molar-refractivity contribution is -0.162. The molecule has 1 heterocycles. The molecule has 0 bridgehead atoms. The number of benzene rings is 2.